The summed E-state index contributed by atoms with van der Waals surface area (Å²) >= 11 is 0. The number of esters is 1. The molecule has 1 heterocycles. The second-order valence-electron chi connectivity index (χ2n) is 2.48. The maximum Gasteiger partial charge on any atom is 0.305 e. The molecule has 70 valence electrons. The molecule has 0 fully saturated rings. The molecule has 0 aliphatic carbocycles. The fourth-order valence-corrected chi connectivity index (χ4v) is 0.878. The van der Waals surface area contributed by atoms with Crippen LogP contribution in [-0.4, -0.2) is 18.9 Å². The molecule has 4 heteroatoms. The topological polar surface area (TPSA) is 56.5 Å². The van der Waals surface area contributed by atoms with E-state index in [9.17, 15) is 9.59 Å². The molecular weight excluding hydrogens is 172 g/mol. The summed E-state index contributed by atoms with van der Waals surface area (Å²) in [5.41, 5.74) is 0. The lowest BCUT2D eigenvalue weighted by molar-refractivity contribution is -0.140. The van der Waals surface area contributed by atoms with Crippen LogP contribution in [0.25, 0.3) is 0 Å². The summed E-state index contributed by atoms with van der Waals surface area (Å²) in [6, 6.07) is 3.20. The standard InChI is InChI=1S/C9H10O4/c1-12-9(11)5-4-7(10)8-3-2-6-13-8/h2-3,6H,4-5H2,1H3. The molecule has 0 unspecified atom stereocenters. The van der Waals surface area contributed by atoms with Crippen molar-refractivity contribution >= 4 is 11.8 Å². The molecular formula is C9H10O4. The van der Waals surface area contributed by atoms with Gasteiger partial charge in [-0.05, 0) is 12.1 Å². The molecule has 1 aromatic rings. The molecule has 0 aromatic carbocycles. The Morgan fingerprint density at radius 3 is 2.77 bits per heavy atom. The summed E-state index contributed by atoms with van der Waals surface area (Å²) in [6.45, 7) is 0. The molecule has 0 atom stereocenters. The van der Waals surface area contributed by atoms with Crippen molar-refractivity contribution in [2.45, 2.75) is 12.8 Å². The smallest absolute Gasteiger partial charge is 0.305 e. The van der Waals surface area contributed by atoms with Gasteiger partial charge in [0.05, 0.1) is 19.8 Å². The first kappa shape index (κ1) is 9.51. The first-order chi connectivity index (χ1) is 6.24. The first-order valence-corrected chi connectivity index (χ1v) is 3.87. The van der Waals surface area contributed by atoms with Crippen LogP contribution >= 0.6 is 0 Å². The zero-order valence-electron chi connectivity index (χ0n) is 7.28. The van der Waals surface area contributed by atoms with Gasteiger partial charge in [0.1, 0.15) is 0 Å². The molecule has 4 nitrogen and oxygen atoms in total. The highest BCUT2D eigenvalue weighted by Crippen LogP contribution is 2.06. The van der Waals surface area contributed by atoms with Crippen LogP contribution in [0.2, 0.25) is 0 Å². The highest BCUT2D eigenvalue weighted by molar-refractivity contribution is 5.95. The van der Waals surface area contributed by atoms with E-state index in [1.165, 1.54) is 13.4 Å². The van der Waals surface area contributed by atoms with E-state index in [1.807, 2.05) is 0 Å². The van der Waals surface area contributed by atoms with Gasteiger partial charge in [-0.1, -0.05) is 0 Å². The van der Waals surface area contributed by atoms with Crippen LogP contribution in [0.15, 0.2) is 22.8 Å². The summed E-state index contributed by atoms with van der Waals surface area (Å²) in [4.78, 5) is 21.9. The second-order valence-corrected chi connectivity index (χ2v) is 2.48. The van der Waals surface area contributed by atoms with E-state index >= 15 is 0 Å². The van der Waals surface area contributed by atoms with Gasteiger partial charge in [-0.3, -0.25) is 9.59 Å². The van der Waals surface area contributed by atoms with Gasteiger partial charge in [0.25, 0.3) is 0 Å². The Labute approximate surface area is 75.5 Å². The number of hydrogen-bond acceptors (Lipinski definition) is 4. The summed E-state index contributed by atoms with van der Waals surface area (Å²) < 4.78 is 9.26. The third kappa shape index (κ3) is 2.74. The molecule has 13 heavy (non-hydrogen) atoms. The van der Waals surface area contributed by atoms with Crippen LogP contribution in [0.4, 0.5) is 0 Å². The van der Waals surface area contributed by atoms with Crippen molar-refractivity contribution in [3.8, 4) is 0 Å². The number of ether oxygens (including phenoxy) is 1. The number of carbonyl (C=O) groups is 2. The number of rotatable bonds is 4. The lowest BCUT2D eigenvalue weighted by atomic mass is 10.2. The summed E-state index contributed by atoms with van der Waals surface area (Å²) in [5, 5.41) is 0. The van der Waals surface area contributed by atoms with E-state index in [-0.39, 0.29) is 30.4 Å². The quantitative estimate of drug-likeness (QED) is 0.522. The van der Waals surface area contributed by atoms with Crippen molar-refractivity contribution < 1.29 is 18.7 Å². The summed E-state index contributed by atoms with van der Waals surface area (Å²) in [7, 11) is 1.29. The summed E-state index contributed by atoms with van der Waals surface area (Å²) in [5.74, 6) is -0.292. The number of methoxy groups -OCH3 is 1. The summed E-state index contributed by atoms with van der Waals surface area (Å²) in [6.07, 6.45) is 1.64. The maximum absolute atomic E-state index is 11.2. The van der Waals surface area contributed by atoms with Crippen molar-refractivity contribution in [1.82, 2.24) is 0 Å². The molecule has 0 saturated carbocycles. The average Bonchev–Trinajstić information content (AvgIpc) is 2.66. The fraction of sp³-hybridized carbons (Fsp3) is 0.333. The average molecular weight is 182 g/mol. The van der Waals surface area contributed by atoms with Crippen molar-refractivity contribution in [2.24, 2.45) is 0 Å². The minimum Gasteiger partial charge on any atom is -0.469 e. The largest absolute Gasteiger partial charge is 0.469 e. The molecule has 0 spiro atoms. The van der Waals surface area contributed by atoms with Gasteiger partial charge in [0.15, 0.2) is 11.5 Å². The molecule has 1 aromatic heterocycles. The fourth-order valence-electron chi connectivity index (χ4n) is 0.878. The van der Waals surface area contributed by atoms with E-state index < -0.39 is 0 Å². The second kappa shape index (κ2) is 4.45. The third-order valence-electron chi connectivity index (χ3n) is 1.58. The SMILES string of the molecule is COC(=O)CCC(=O)c1ccco1. The monoisotopic (exact) mass is 182 g/mol. The Bertz CT molecular complexity index is 287. The lowest BCUT2D eigenvalue weighted by Gasteiger charge is -1.96. The van der Waals surface area contributed by atoms with Gasteiger partial charge in [-0.15, -0.1) is 0 Å². The third-order valence-corrected chi connectivity index (χ3v) is 1.58. The highest BCUT2D eigenvalue weighted by atomic mass is 16.5. The van der Waals surface area contributed by atoms with E-state index in [2.05, 4.69) is 4.74 Å². The Kier molecular flexibility index (Phi) is 3.25. The van der Waals surface area contributed by atoms with Crippen LogP contribution in [0.3, 0.4) is 0 Å². The molecule has 0 aliphatic rings. The molecule has 0 aliphatic heterocycles. The molecule has 0 amide bonds. The van der Waals surface area contributed by atoms with Crippen LogP contribution < -0.4 is 0 Å². The predicted molar refractivity (Wildman–Crippen MR) is 44.3 cm³/mol. The predicted octanol–water partition coefficient (Wildman–Crippen LogP) is 1.42. The highest BCUT2D eigenvalue weighted by Gasteiger charge is 2.10. The van der Waals surface area contributed by atoms with Crippen LogP contribution in [0, 0.1) is 0 Å². The Hall–Kier alpha value is -1.58. The number of ketones is 1. The molecule has 0 bridgehead atoms. The zero-order chi connectivity index (χ0) is 9.68. The van der Waals surface area contributed by atoms with E-state index in [0.717, 1.165) is 0 Å². The molecule has 0 saturated heterocycles. The normalized spacial score (nSPS) is 9.62. The van der Waals surface area contributed by atoms with Crippen molar-refractivity contribution in [1.29, 1.82) is 0 Å². The zero-order valence-corrected chi connectivity index (χ0v) is 7.28. The molecule has 0 radical (unpaired) electrons. The number of carbonyl (C=O) groups excluding carboxylic acids is 2. The van der Waals surface area contributed by atoms with Gasteiger partial charge in [0, 0.05) is 6.42 Å². The van der Waals surface area contributed by atoms with Gasteiger partial charge >= 0.3 is 5.97 Å². The van der Waals surface area contributed by atoms with Crippen molar-refractivity contribution in [2.75, 3.05) is 7.11 Å². The Morgan fingerprint density at radius 2 is 2.23 bits per heavy atom. The lowest BCUT2D eigenvalue weighted by Crippen LogP contribution is -2.05. The minimum atomic E-state index is -0.389. The van der Waals surface area contributed by atoms with Crippen LogP contribution in [0.5, 0.6) is 0 Å². The Morgan fingerprint density at radius 1 is 1.46 bits per heavy atom. The first-order valence-electron chi connectivity index (χ1n) is 3.87. The van der Waals surface area contributed by atoms with Crippen LogP contribution in [-0.2, 0) is 9.53 Å². The van der Waals surface area contributed by atoms with Gasteiger partial charge in [-0.25, -0.2) is 0 Å². The van der Waals surface area contributed by atoms with Crippen LogP contribution in [0.1, 0.15) is 23.4 Å². The van der Waals surface area contributed by atoms with Gasteiger partial charge in [0.2, 0.25) is 0 Å². The van der Waals surface area contributed by atoms with Crippen molar-refractivity contribution in [3.63, 3.8) is 0 Å². The van der Waals surface area contributed by atoms with Crippen molar-refractivity contribution in [3.05, 3.63) is 24.2 Å². The minimum absolute atomic E-state index is 0.0933. The van der Waals surface area contributed by atoms with E-state index in [4.69, 9.17) is 4.42 Å². The van der Waals surface area contributed by atoms with Gasteiger partial charge < -0.3 is 9.15 Å². The maximum atomic E-state index is 11.2. The number of hydrogen-bond donors (Lipinski definition) is 0. The molecule has 0 N–H and O–H groups in total. The molecule has 1 rings (SSSR count). The number of Topliss-reactive ketones (excluding diaryl/α,β-unsaturated/α-hetero) is 1. The number of furan rings is 1. The van der Waals surface area contributed by atoms with E-state index in [1.54, 1.807) is 12.1 Å². The van der Waals surface area contributed by atoms with E-state index in [0.29, 0.717) is 0 Å². The Balaban J connectivity index is 2.39. The van der Waals surface area contributed by atoms with Gasteiger partial charge in [-0.2, -0.15) is 0 Å².